The zero-order valence-electron chi connectivity index (χ0n) is 10.8. The van der Waals surface area contributed by atoms with E-state index in [-0.39, 0.29) is 11.5 Å². The first-order valence-electron chi connectivity index (χ1n) is 6.02. The lowest BCUT2D eigenvalue weighted by molar-refractivity contribution is -0.384. The van der Waals surface area contributed by atoms with Gasteiger partial charge in [0.1, 0.15) is 5.82 Å². The number of nitro groups is 1. The van der Waals surface area contributed by atoms with Gasteiger partial charge in [-0.3, -0.25) is 10.1 Å². The minimum Gasteiger partial charge on any atom is -0.370 e. The molecule has 6 nitrogen and oxygen atoms in total. The van der Waals surface area contributed by atoms with E-state index >= 15 is 0 Å². The van der Waals surface area contributed by atoms with E-state index < -0.39 is 4.92 Å². The summed E-state index contributed by atoms with van der Waals surface area (Å²) in [5, 5.41) is 17.1. The molecule has 0 fully saturated rings. The van der Waals surface area contributed by atoms with E-state index in [9.17, 15) is 10.1 Å². The van der Waals surface area contributed by atoms with Crippen LogP contribution in [0.2, 0.25) is 0 Å². The number of hydrogen-bond donors (Lipinski definition) is 2. The van der Waals surface area contributed by atoms with E-state index in [4.69, 9.17) is 0 Å². The normalized spacial score (nSPS) is 10.1. The summed E-state index contributed by atoms with van der Waals surface area (Å²) in [6.07, 6.45) is 0. The summed E-state index contributed by atoms with van der Waals surface area (Å²) >= 11 is 2.17. The van der Waals surface area contributed by atoms with Gasteiger partial charge in [-0.25, -0.2) is 4.98 Å². The maximum absolute atomic E-state index is 11.1. The second-order valence-electron chi connectivity index (χ2n) is 3.96. The van der Waals surface area contributed by atoms with E-state index in [1.807, 2.05) is 31.2 Å². The number of benzene rings is 1. The Morgan fingerprint density at radius 1 is 1.30 bits per heavy atom. The molecule has 0 aliphatic rings. The molecule has 7 heteroatoms. The highest BCUT2D eigenvalue weighted by Crippen LogP contribution is 2.29. The quantitative estimate of drug-likeness (QED) is 0.466. The first kappa shape index (κ1) is 14.5. The van der Waals surface area contributed by atoms with Crippen LogP contribution in [0.1, 0.15) is 6.92 Å². The van der Waals surface area contributed by atoms with Crippen LogP contribution in [0.3, 0.4) is 0 Å². The van der Waals surface area contributed by atoms with Crippen LogP contribution >= 0.6 is 22.6 Å². The smallest absolute Gasteiger partial charge is 0.311 e. The lowest BCUT2D eigenvalue weighted by Crippen LogP contribution is -2.05. The topological polar surface area (TPSA) is 80.1 Å². The monoisotopic (exact) mass is 384 g/mol. The van der Waals surface area contributed by atoms with E-state index in [0.717, 1.165) is 9.26 Å². The summed E-state index contributed by atoms with van der Waals surface area (Å²) in [7, 11) is 0. The SMILES string of the molecule is CCNc1ccc([N+](=O)[O-])c(Nc2ccccc2I)n1. The van der Waals surface area contributed by atoms with Crippen molar-refractivity contribution >= 4 is 45.6 Å². The number of hydrogen-bond acceptors (Lipinski definition) is 5. The van der Waals surface area contributed by atoms with Crippen LogP contribution in [0.5, 0.6) is 0 Å². The zero-order valence-corrected chi connectivity index (χ0v) is 12.9. The molecule has 104 valence electrons. The molecule has 0 saturated heterocycles. The number of para-hydroxylation sites is 1. The summed E-state index contributed by atoms with van der Waals surface area (Å²) in [5.74, 6) is 0.837. The highest BCUT2D eigenvalue weighted by molar-refractivity contribution is 14.1. The Kier molecular flexibility index (Phi) is 4.72. The highest BCUT2D eigenvalue weighted by Gasteiger charge is 2.16. The van der Waals surface area contributed by atoms with Gasteiger partial charge >= 0.3 is 5.69 Å². The molecule has 0 unspecified atom stereocenters. The molecule has 0 radical (unpaired) electrons. The van der Waals surface area contributed by atoms with Crippen LogP contribution in [0.15, 0.2) is 36.4 Å². The van der Waals surface area contributed by atoms with Gasteiger partial charge < -0.3 is 10.6 Å². The van der Waals surface area contributed by atoms with Crippen molar-refractivity contribution in [3.05, 3.63) is 50.1 Å². The van der Waals surface area contributed by atoms with Gasteiger partial charge in [0.05, 0.1) is 10.6 Å². The van der Waals surface area contributed by atoms with Gasteiger partial charge in [-0.2, -0.15) is 0 Å². The predicted octanol–water partition coefficient (Wildman–Crippen LogP) is 3.77. The number of rotatable bonds is 5. The maximum atomic E-state index is 11.1. The minimum absolute atomic E-state index is 0.0497. The van der Waals surface area contributed by atoms with Gasteiger partial charge in [-0.05, 0) is 47.7 Å². The van der Waals surface area contributed by atoms with Gasteiger partial charge in [-0.15, -0.1) is 0 Å². The summed E-state index contributed by atoms with van der Waals surface area (Å²) < 4.78 is 0.968. The molecule has 2 N–H and O–H groups in total. The molecule has 0 aliphatic heterocycles. The third-order valence-corrected chi connectivity index (χ3v) is 3.50. The van der Waals surface area contributed by atoms with Gasteiger partial charge in [-0.1, -0.05) is 12.1 Å². The largest absolute Gasteiger partial charge is 0.370 e. The number of halogens is 1. The van der Waals surface area contributed by atoms with Crippen molar-refractivity contribution in [2.24, 2.45) is 0 Å². The second-order valence-corrected chi connectivity index (χ2v) is 5.12. The lowest BCUT2D eigenvalue weighted by atomic mass is 10.3. The lowest BCUT2D eigenvalue weighted by Gasteiger charge is -2.10. The fourth-order valence-electron chi connectivity index (χ4n) is 1.66. The molecule has 1 aromatic carbocycles. The molecule has 0 amide bonds. The van der Waals surface area contributed by atoms with Crippen molar-refractivity contribution < 1.29 is 4.92 Å². The van der Waals surface area contributed by atoms with Crippen LogP contribution < -0.4 is 10.6 Å². The Bertz CT molecular complexity index is 634. The van der Waals surface area contributed by atoms with Crippen molar-refractivity contribution in [3.63, 3.8) is 0 Å². The third kappa shape index (κ3) is 3.35. The molecular weight excluding hydrogens is 371 g/mol. The number of nitrogens with one attached hydrogen (secondary N) is 2. The van der Waals surface area contributed by atoms with E-state index in [1.165, 1.54) is 6.07 Å². The van der Waals surface area contributed by atoms with Crippen molar-refractivity contribution in [2.45, 2.75) is 6.92 Å². The first-order chi connectivity index (χ1) is 9.61. The molecule has 2 rings (SSSR count). The number of anilines is 3. The van der Waals surface area contributed by atoms with Gasteiger partial charge in [0.15, 0.2) is 0 Å². The van der Waals surface area contributed by atoms with Crippen molar-refractivity contribution in [3.8, 4) is 0 Å². The molecule has 0 saturated carbocycles. The second kappa shape index (κ2) is 6.51. The fraction of sp³-hybridized carbons (Fsp3) is 0.154. The van der Waals surface area contributed by atoms with E-state index in [1.54, 1.807) is 6.07 Å². The van der Waals surface area contributed by atoms with Crippen molar-refractivity contribution in [1.29, 1.82) is 0 Å². The van der Waals surface area contributed by atoms with Crippen molar-refractivity contribution in [1.82, 2.24) is 4.98 Å². The Morgan fingerprint density at radius 3 is 2.70 bits per heavy atom. The van der Waals surface area contributed by atoms with Crippen LogP contribution in [-0.2, 0) is 0 Å². The average molecular weight is 384 g/mol. The minimum atomic E-state index is -0.444. The summed E-state index contributed by atoms with van der Waals surface area (Å²) in [6.45, 7) is 2.64. The van der Waals surface area contributed by atoms with Gasteiger partial charge in [0.25, 0.3) is 0 Å². The van der Waals surface area contributed by atoms with Crippen LogP contribution in [0, 0.1) is 13.7 Å². The Hall–Kier alpha value is -1.90. The molecule has 0 bridgehead atoms. The van der Waals surface area contributed by atoms with Crippen LogP contribution in [0.25, 0.3) is 0 Å². The molecule has 0 aliphatic carbocycles. The summed E-state index contributed by atoms with van der Waals surface area (Å²) in [6, 6.07) is 10.6. The maximum Gasteiger partial charge on any atom is 0.311 e. The predicted molar refractivity (Wildman–Crippen MR) is 87.5 cm³/mol. The Balaban J connectivity index is 2.40. The average Bonchev–Trinajstić information content (AvgIpc) is 2.42. The van der Waals surface area contributed by atoms with Crippen LogP contribution in [0.4, 0.5) is 23.0 Å². The number of aromatic nitrogens is 1. The number of nitrogens with zero attached hydrogens (tertiary/aromatic N) is 2. The van der Waals surface area contributed by atoms with Crippen LogP contribution in [-0.4, -0.2) is 16.5 Å². The first-order valence-corrected chi connectivity index (χ1v) is 7.10. The van der Waals surface area contributed by atoms with E-state index in [0.29, 0.717) is 12.4 Å². The summed E-state index contributed by atoms with van der Waals surface area (Å²) in [4.78, 5) is 14.9. The third-order valence-electron chi connectivity index (χ3n) is 2.56. The molecule has 1 aromatic heterocycles. The molecular formula is C13H13IN4O2. The standard InChI is InChI=1S/C13H13IN4O2/c1-2-15-12-8-7-11(18(19)20)13(17-12)16-10-6-4-3-5-9(10)14/h3-8H,2H2,1H3,(H2,15,16,17). The fourth-order valence-corrected chi connectivity index (χ4v) is 2.18. The zero-order chi connectivity index (χ0) is 14.5. The van der Waals surface area contributed by atoms with E-state index in [2.05, 4.69) is 38.2 Å². The summed E-state index contributed by atoms with van der Waals surface area (Å²) in [5.41, 5.74) is 0.739. The van der Waals surface area contributed by atoms with Crippen molar-refractivity contribution in [2.75, 3.05) is 17.2 Å². The molecule has 1 heterocycles. The highest BCUT2D eigenvalue weighted by atomic mass is 127. The molecule has 0 spiro atoms. The molecule has 2 aromatic rings. The Morgan fingerprint density at radius 2 is 2.05 bits per heavy atom. The van der Waals surface area contributed by atoms with Gasteiger partial charge in [0, 0.05) is 16.2 Å². The molecule has 0 atom stereocenters. The molecule has 20 heavy (non-hydrogen) atoms. The number of pyridine rings is 1. The van der Waals surface area contributed by atoms with Gasteiger partial charge in [0.2, 0.25) is 5.82 Å². The Labute approximate surface area is 129 Å².